The summed E-state index contributed by atoms with van der Waals surface area (Å²) < 4.78 is 28.6. The lowest BCUT2D eigenvalue weighted by Gasteiger charge is -2.28. The van der Waals surface area contributed by atoms with Crippen LogP contribution in [-0.4, -0.2) is 31.9 Å². The lowest BCUT2D eigenvalue weighted by atomic mass is 9.99. The van der Waals surface area contributed by atoms with Crippen LogP contribution in [0.4, 0.5) is 8.78 Å². The average Bonchev–Trinajstić information content (AvgIpc) is 3.21. The van der Waals surface area contributed by atoms with Gasteiger partial charge in [-0.1, -0.05) is 54.6 Å². The highest BCUT2D eigenvalue weighted by atomic mass is 19.3. The largest absolute Gasteiger partial charge is 0.338 e. The summed E-state index contributed by atoms with van der Waals surface area (Å²) in [5.41, 5.74) is 4.17. The fourth-order valence-electron chi connectivity index (χ4n) is 4.05. The van der Waals surface area contributed by atoms with E-state index in [-0.39, 0.29) is 18.0 Å². The van der Waals surface area contributed by atoms with Gasteiger partial charge in [0.05, 0.1) is 18.3 Å². The Kier molecular flexibility index (Phi) is 4.94. The Balaban J connectivity index is 1.48. The van der Waals surface area contributed by atoms with Crippen LogP contribution in [-0.2, 0) is 24.2 Å². The van der Waals surface area contributed by atoms with Crippen molar-refractivity contribution in [1.82, 2.24) is 19.5 Å². The number of hydrogen-bond donors (Lipinski definition) is 0. The molecule has 0 N–H and O–H groups in total. The summed E-state index contributed by atoms with van der Waals surface area (Å²) in [4.78, 5) is 19.4. The summed E-state index contributed by atoms with van der Waals surface area (Å²) >= 11 is 0. The molecule has 0 spiro atoms. The van der Waals surface area contributed by atoms with Gasteiger partial charge in [-0.3, -0.25) is 4.79 Å². The molecular weight excluding hydrogens is 398 g/mol. The number of benzene rings is 2. The van der Waals surface area contributed by atoms with Crippen LogP contribution < -0.4 is 0 Å². The van der Waals surface area contributed by atoms with Gasteiger partial charge in [0.1, 0.15) is 5.69 Å². The number of carbonyl (C=O) groups is 1. The number of nitrogens with zero attached hydrogens (tertiary/aromatic N) is 4. The van der Waals surface area contributed by atoms with E-state index >= 15 is 0 Å². The summed E-state index contributed by atoms with van der Waals surface area (Å²) in [5, 5.41) is 4.11. The van der Waals surface area contributed by atoms with Gasteiger partial charge in [-0.25, -0.2) is 18.3 Å². The molecule has 0 radical (unpaired) electrons. The summed E-state index contributed by atoms with van der Waals surface area (Å²) in [6, 6.07) is 18.6. The molecule has 0 unspecified atom stereocenters. The quantitative estimate of drug-likeness (QED) is 0.492. The van der Waals surface area contributed by atoms with Gasteiger partial charge in [0.25, 0.3) is 6.43 Å². The van der Waals surface area contributed by atoms with Gasteiger partial charge < -0.3 is 4.90 Å². The van der Waals surface area contributed by atoms with Crippen LogP contribution in [0.25, 0.3) is 16.9 Å². The minimum Gasteiger partial charge on any atom is -0.338 e. The van der Waals surface area contributed by atoms with Crippen LogP contribution in [0.5, 0.6) is 0 Å². The summed E-state index contributed by atoms with van der Waals surface area (Å²) in [5.74, 6) is -0.0603. The molecule has 5 rings (SSSR count). The molecule has 1 amide bonds. The molecule has 2 aromatic carbocycles. The number of aromatic nitrogens is 3. The van der Waals surface area contributed by atoms with E-state index in [4.69, 9.17) is 0 Å². The minimum absolute atomic E-state index is 0.0603. The Bertz CT molecular complexity index is 1250. The lowest BCUT2D eigenvalue weighted by Crippen LogP contribution is -2.36. The maximum atomic E-state index is 13.7. The normalized spacial score (nSPS) is 13.6. The van der Waals surface area contributed by atoms with Crippen LogP contribution in [0, 0.1) is 0 Å². The third-order valence-electron chi connectivity index (χ3n) is 5.69. The minimum atomic E-state index is -2.71. The number of halogens is 2. The Labute approximate surface area is 178 Å². The van der Waals surface area contributed by atoms with Crippen LogP contribution in [0.3, 0.4) is 0 Å². The van der Waals surface area contributed by atoms with Gasteiger partial charge in [-0.2, -0.15) is 5.10 Å². The van der Waals surface area contributed by atoms with Gasteiger partial charge in [0, 0.05) is 24.2 Å². The van der Waals surface area contributed by atoms with Crippen molar-refractivity contribution in [1.29, 1.82) is 0 Å². The first-order valence-corrected chi connectivity index (χ1v) is 10.2. The number of fused-ring (bicyclic) bond motifs is 2. The van der Waals surface area contributed by atoms with Crippen LogP contribution in [0.2, 0.25) is 0 Å². The SMILES string of the molecule is O=C(Cc1cnn2c(C(F)F)cc(-c3ccccc3)nc12)N1CCc2ccccc2C1. The van der Waals surface area contributed by atoms with E-state index in [0.29, 0.717) is 30.0 Å². The zero-order valence-electron chi connectivity index (χ0n) is 16.7. The Morgan fingerprint density at radius 1 is 1.03 bits per heavy atom. The van der Waals surface area contributed by atoms with Crippen molar-refractivity contribution in [3.05, 3.63) is 89.2 Å². The molecule has 0 saturated heterocycles. The molecule has 4 aromatic rings. The van der Waals surface area contributed by atoms with E-state index in [2.05, 4.69) is 16.1 Å². The fourth-order valence-corrected chi connectivity index (χ4v) is 4.05. The van der Waals surface area contributed by atoms with Crippen LogP contribution >= 0.6 is 0 Å². The Morgan fingerprint density at radius 2 is 1.77 bits per heavy atom. The average molecular weight is 418 g/mol. The molecule has 0 bridgehead atoms. The first kappa shape index (κ1) is 19.4. The molecule has 0 atom stereocenters. The van der Waals surface area contributed by atoms with Gasteiger partial charge >= 0.3 is 0 Å². The third kappa shape index (κ3) is 3.67. The second-order valence-electron chi connectivity index (χ2n) is 7.65. The monoisotopic (exact) mass is 418 g/mol. The predicted octanol–water partition coefficient (Wildman–Crippen LogP) is 4.46. The summed E-state index contributed by atoms with van der Waals surface area (Å²) in [6.07, 6.45) is -0.365. The molecule has 1 aliphatic rings. The Morgan fingerprint density at radius 3 is 2.55 bits per heavy atom. The van der Waals surface area contributed by atoms with Gasteiger partial charge in [0.15, 0.2) is 5.65 Å². The zero-order valence-corrected chi connectivity index (χ0v) is 16.7. The highest BCUT2D eigenvalue weighted by Gasteiger charge is 2.24. The van der Waals surface area contributed by atoms with Crippen molar-refractivity contribution in [2.45, 2.75) is 25.8 Å². The van der Waals surface area contributed by atoms with Gasteiger partial charge in [-0.15, -0.1) is 0 Å². The number of rotatable bonds is 4. The first-order chi connectivity index (χ1) is 15.1. The van der Waals surface area contributed by atoms with Crippen molar-refractivity contribution in [2.24, 2.45) is 0 Å². The van der Waals surface area contributed by atoms with E-state index in [1.54, 1.807) is 4.90 Å². The second-order valence-corrected chi connectivity index (χ2v) is 7.65. The smallest absolute Gasteiger partial charge is 0.280 e. The number of carbonyl (C=O) groups excluding carboxylic acids is 1. The van der Waals surface area contributed by atoms with Crippen molar-refractivity contribution in [3.8, 4) is 11.3 Å². The maximum Gasteiger partial charge on any atom is 0.280 e. The van der Waals surface area contributed by atoms with Crippen molar-refractivity contribution in [3.63, 3.8) is 0 Å². The van der Waals surface area contributed by atoms with E-state index in [0.717, 1.165) is 22.1 Å². The molecule has 1 aliphatic heterocycles. The van der Waals surface area contributed by atoms with Crippen LogP contribution in [0.1, 0.15) is 28.8 Å². The predicted molar refractivity (Wildman–Crippen MR) is 113 cm³/mol. The fraction of sp³-hybridized carbons (Fsp3) is 0.208. The number of amides is 1. The summed E-state index contributed by atoms with van der Waals surface area (Å²) in [6.45, 7) is 1.19. The molecule has 7 heteroatoms. The molecule has 0 aliphatic carbocycles. The van der Waals surface area contributed by atoms with E-state index in [1.807, 2.05) is 48.5 Å². The van der Waals surface area contributed by atoms with E-state index < -0.39 is 6.43 Å². The van der Waals surface area contributed by atoms with Gasteiger partial charge in [0.2, 0.25) is 5.91 Å². The third-order valence-corrected chi connectivity index (χ3v) is 5.69. The van der Waals surface area contributed by atoms with E-state index in [1.165, 1.54) is 17.8 Å². The Hall–Kier alpha value is -3.61. The molecule has 156 valence electrons. The first-order valence-electron chi connectivity index (χ1n) is 10.2. The number of hydrogen-bond acceptors (Lipinski definition) is 3. The van der Waals surface area contributed by atoms with Crippen molar-refractivity contribution < 1.29 is 13.6 Å². The molecular formula is C24H20F2N4O. The second kappa shape index (κ2) is 7.91. The molecule has 0 saturated carbocycles. The molecule has 0 fully saturated rings. The topological polar surface area (TPSA) is 50.5 Å². The summed E-state index contributed by atoms with van der Waals surface area (Å²) in [7, 11) is 0. The number of alkyl halides is 2. The highest BCUT2D eigenvalue weighted by molar-refractivity contribution is 5.81. The van der Waals surface area contributed by atoms with Crippen molar-refractivity contribution >= 4 is 11.6 Å². The van der Waals surface area contributed by atoms with Crippen molar-refractivity contribution in [2.75, 3.05) is 6.54 Å². The molecule has 5 nitrogen and oxygen atoms in total. The maximum absolute atomic E-state index is 13.7. The lowest BCUT2D eigenvalue weighted by molar-refractivity contribution is -0.131. The molecule has 31 heavy (non-hydrogen) atoms. The molecule has 3 heterocycles. The standard InChI is InChI=1S/C24H20F2N4O/c25-23(26)21-13-20(17-7-2-1-3-8-17)28-24-19(14-27-30(21)24)12-22(31)29-11-10-16-6-4-5-9-18(16)15-29/h1-9,13-14,23H,10-12,15H2. The van der Waals surface area contributed by atoms with E-state index in [9.17, 15) is 13.6 Å². The highest BCUT2D eigenvalue weighted by Crippen LogP contribution is 2.27. The van der Waals surface area contributed by atoms with Gasteiger partial charge in [-0.05, 0) is 23.6 Å². The molecule has 2 aromatic heterocycles. The zero-order chi connectivity index (χ0) is 21.4. The van der Waals surface area contributed by atoms with Crippen LogP contribution in [0.15, 0.2) is 66.9 Å².